The van der Waals surface area contributed by atoms with Crippen molar-refractivity contribution in [1.29, 1.82) is 0 Å². The van der Waals surface area contributed by atoms with Gasteiger partial charge in [-0.15, -0.1) is 0 Å². The average Bonchev–Trinajstić information content (AvgIpc) is 2.71. The zero-order valence-corrected chi connectivity index (χ0v) is 12.0. The minimum atomic E-state index is 0.348. The minimum absolute atomic E-state index is 0.348. The Morgan fingerprint density at radius 1 is 1.25 bits per heavy atom. The van der Waals surface area contributed by atoms with Crippen LogP contribution in [0.15, 0.2) is 21.2 Å². The maximum absolute atomic E-state index is 5.68. The third-order valence-corrected chi connectivity index (χ3v) is 3.46. The van der Waals surface area contributed by atoms with E-state index in [0.29, 0.717) is 12.0 Å². The van der Waals surface area contributed by atoms with Gasteiger partial charge in [0.05, 0.1) is 6.04 Å². The van der Waals surface area contributed by atoms with Crippen molar-refractivity contribution in [1.82, 2.24) is 5.32 Å². The van der Waals surface area contributed by atoms with Gasteiger partial charge in [-0.25, -0.2) is 0 Å². The molecule has 0 saturated heterocycles. The molecule has 1 atom stereocenters. The molecule has 0 amide bonds. The Morgan fingerprint density at radius 2 is 1.94 bits per heavy atom. The molecule has 0 saturated carbocycles. The largest absolute Gasteiger partial charge is 0.453 e. The van der Waals surface area contributed by atoms with E-state index in [-0.39, 0.29) is 0 Å². The molecule has 2 nitrogen and oxygen atoms in total. The summed E-state index contributed by atoms with van der Waals surface area (Å²) in [5.41, 5.74) is 0. The first-order chi connectivity index (χ1) is 7.72. The van der Waals surface area contributed by atoms with E-state index in [9.17, 15) is 0 Å². The lowest BCUT2D eigenvalue weighted by Crippen LogP contribution is -2.28. The van der Waals surface area contributed by atoms with Gasteiger partial charge in [-0.05, 0) is 46.9 Å². The van der Waals surface area contributed by atoms with Gasteiger partial charge >= 0.3 is 0 Å². The van der Waals surface area contributed by atoms with Gasteiger partial charge in [0.25, 0.3) is 0 Å². The molecule has 0 aromatic carbocycles. The molecule has 0 spiro atoms. The highest BCUT2D eigenvalue weighted by Gasteiger charge is 2.22. The number of nitrogens with one attached hydrogen (secondary N) is 1. The van der Waals surface area contributed by atoms with Gasteiger partial charge in [0, 0.05) is 0 Å². The molecule has 0 fully saturated rings. The summed E-state index contributed by atoms with van der Waals surface area (Å²) < 4.78 is 6.50. The smallest absolute Gasteiger partial charge is 0.169 e. The third kappa shape index (κ3) is 3.63. The monoisotopic (exact) mass is 287 g/mol. The molecule has 1 unspecified atom stereocenters. The van der Waals surface area contributed by atoms with Crippen LogP contribution in [0.4, 0.5) is 0 Å². The lowest BCUT2D eigenvalue weighted by molar-refractivity contribution is 0.291. The maximum Gasteiger partial charge on any atom is 0.169 e. The van der Waals surface area contributed by atoms with Crippen LogP contribution in [-0.2, 0) is 0 Å². The van der Waals surface area contributed by atoms with E-state index in [1.54, 1.807) is 0 Å². The summed E-state index contributed by atoms with van der Waals surface area (Å²) in [5, 5.41) is 3.59. The van der Waals surface area contributed by atoms with Crippen molar-refractivity contribution in [3.8, 4) is 0 Å². The van der Waals surface area contributed by atoms with Crippen molar-refractivity contribution in [2.75, 3.05) is 6.54 Å². The fourth-order valence-corrected chi connectivity index (χ4v) is 2.37. The number of furan rings is 1. The molecule has 1 aromatic rings. The first kappa shape index (κ1) is 13.8. The summed E-state index contributed by atoms with van der Waals surface area (Å²) >= 11 is 3.37. The molecule has 0 bridgehead atoms. The fraction of sp³-hybridized carbons (Fsp3) is 0.692. The van der Waals surface area contributed by atoms with Crippen LogP contribution in [0.5, 0.6) is 0 Å². The van der Waals surface area contributed by atoms with Crippen LogP contribution >= 0.6 is 15.9 Å². The Kier molecular flexibility index (Phi) is 6.14. The Morgan fingerprint density at radius 3 is 2.38 bits per heavy atom. The van der Waals surface area contributed by atoms with Crippen LogP contribution in [0, 0.1) is 5.92 Å². The van der Waals surface area contributed by atoms with E-state index in [4.69, 9.17) is 4.42 Å². The van der Waals surface area contributed by atoms with E-state index in [2.05, 4.69) is 48.1 Å². The highest BCUT2D eigenvalue weighted by Crippen LogP contribution is 2.30. The highest BCUT2D eigenvalue weighted by molar-refractivity contribution is 9.10. The number of hydrogen-bond donors (Lipinski definition) is 1. The molecule has 3 heteroatoms. The molecule has 1 aromatic heterocycles. The van der Waals surface area contributed by atoms with Crippen LogP contribution in [0.2, 0.25) is 0 Å². The van der Waals surface area contributed by atoms with Gasteiger partial charge in [0.15, 0.2) is 4.67 Å². The predicted octanol–water partition coefficient (Wildman–Crippen LogP) is 4.52. The lowest BCUT2D eigenvalue weighted by atomic mass is 9.92. The van der Waals surface area contributed by atoms with Crippen LogP contribution in [0.1, 0.15) is 51.8 Å². The second kappa shape index (κ2) is 7.13. The van der Waals surface area contributed by atoms with Crippen molar-refractivity contribution in [3.63, 3.8) is 0 Å². The highest BCUT2D eigenvalue weighted by atomic mass is 79.9. The standard InChI is InChI=1S/C13H22BrNO/c1-4-9-15-13(10(5-2)6-3)11-7-8-12(14)16-11/h7-8,10,13,15H,4-6,9H2,1-3H3. The zero-order chi connectivity index (χ0) is 12.0. The van der Waals surface area contributed by atoms with Crippen LogP contribution in [-0.4, -0.2) is 6.54 Å². The predicted molar refractivity (Wildman–Crippen MR) is 71.5 cm³/mol. The Bertz CT molecular complexity index is 294. The maximum atomic E-state index is 5.68. The SMILES string of the molecule is CCCNC(c1ccc(Br)o1)C(CC)CC. The average molecular weight is 288 g/mol. The van der Waals surface area contributed by atoms with E-state index < -0.39 is 0 Å². The van der Waals surface area contributed by atoms with Crippen molar-refractivity contribution < 1.29 is 4.42 Å². The molecule has 0 radical (unpaired) electrons. The first-order valence-corrected chi connectivity index (χ1v) is 7.00. The quantitative estimate of drug-likeness (QED) is 0.798. The summed E-state index contributed by atoms with van der Waals surface area (Å²) in [5.74, 6) is 1.69. The van der Waals surface area contributed by atoms with Crippen LogP contribution in [0.25, 0.3) is 0 Å². The van der Waals surface area contributed by atoms with Crippen molar-refractivity contribution in [2.24, 2.45) is 5.92 Å². The van der Waals surface area contributed by atoms with Gasteiger partial charge < -0.3 is 9.73 Å². The first-order valence-electron chi connectivity index (χ1n) is 6.21. The van der Waals surface area contributed by atoms with Crippen molar-refractivity contribution >= 4 is 15.9 Å². The molecule has 0 aliphatic carbocycles. The van der Waals surface area contributed by atoms with E-state index in [0.717, 1.165) is 23.4 Å². The minimum Gasteiger partial charge on any atom is -0.453 e. The summed E-state index contributed by atoms with van der Waals surface area (Å²) in [7, 11) is 0. The second-order valence-corrected chi connectivity index (χ2v) is 4.93. The second-order valence-electron chi connectivity index (χ2n) is 4.15. The molecule has 1 rings (SSSR count). The molecular weight excluding hydrogens is 266 g/mol. The summed E-state index contributed by atoms with van der Waals surface area (Å²) in [6, 6.07) is 4.38. The molecule has 92 valence electrons. The number of rotatable bonds is 7. The molecule has 1 heterocycles. The third-order valence-electron chi connectivity index (χ3n) is 3.03. The van der Waals surface area contributed by atoms with Gasteiger partial charge in [-0.1, -0.05) is 33.6 Å². The summed E-state index contributed by atoms with van der Waals surface area (Å²) in [6.07, 6.45) is 3.50. The molecular formula is C13H22BrNO. The van der Waals surface area contributed by atoms with E-state index in [1.165, 1.54) is 12.8 Å². The molecule has 1 N–H and O–H groups in total. The molecule has 0 aliphatic rings. The van der Waals surface area contributed by atoms with E-state index in [1.807, 2.05) is 6.07 Å². The fourth-order valence-electron chi connectivity index (χ4n) is 2.05. The topological polar surface area (TPSA) is 25.2 Å². The van der Waals surface area contributed by atoms with Gasteiger partial charge in [-0.3, -0.25) is 0 Å². The van der Waals surface area contributed by atoms with Gasteiger partial charge in [0.1, 0.15) is 5.76 Å². The van der Waals surface area contributed by atoms with Gasteiger partial charge in [-0.2, -0.15) is 0 Å². The van der Waals surface area contributed by atoms with Crippen molar-refractivity contribution in [3.05, 3.63) is 22.6 Å². The Labute approximate surface area is 107 Å². The summed E-state index contributed by atoms with van der Waals surface area (Å²) in [6.45, 7) is 7.72. The van der Waals surface area contributed by atoms with Crippen molar-refractivity contribution in [2.45, 2.75) is 46.1 Å². The Hall–Kier alpha value is -0.280. The summed E-state index contributed by atoms with van der Waals surface area (Å²) in [4.78, 5) is 0. The van der Waals surface area contributed by atoms with Crippen LogP contribution < -0.4 is 5.32 Å². The van der Waals surface area contributed by atoms with Gasteiger partial charge in [0.2, 0.25) is 0 Å². The lowest BCUT2D eigenvalue weighted by Gasteiger charge is -2.24. The Balaban J connectivity index is 2.77. The van der Waals surface area contributed by atoms with Crippen LogP contribution in [0.3, 0.4) is 0 Å². The zero-order valence-electron chi connectivity index (χ0n) is 10.4. The molecule has 16 heavy (non-hydrogen) atoms. The normalized spacial score (nSPS) is 13.3. The number of halogens is 1. The van der Waals surface area contributed by atoms with E-state index >= 15 is 0 Å². The molecule has 0 aliphatic heterocycles. The number of hydrogen-bond acceptors (Lipinski definition) is 2.